The zero-order valence-electron chi connectivity index (χ0n) is 13.4. The lowest BCUT2D eigenvalue weighted by Gasteiger charge is -2.21. The van der Waals surface area contributed by atoms with Gasteiger partial charge in [0.1, 0.15) is 0 Å². The Labute approximate surface area is 124 Å². The first-order chi connectivity index (χ1) is 9.69. The molecule has 1 N–H and O–H groups in total. The Kier molecular flexibility index (Phi) is 6.08. The van der Waals surface area contributed by atoms with Crippen molar-refractivity contribution in [3.05, 3.63) is 18.0 Å². The van der Waals surface area contributed by atoms with Crippen molar-refractivity contribution in [1.82, 2.24) is 15.1 Å². The van der Waals surface area contributed by atoms with Crippen LogP contribution in [0.2, 0.25) is 0 Å². The molecule has 1 saturated carbocycles. The van der Waals surface area contributed by atoms with Gasteiger partial charge < -0.3 is 5.32 Å². The summed E-state index contributed by atoms with van der Waals surface area (Å²) in [5.41, 5.74) is 1.24. The summed E-state index contributed by atoms with van der Waals surface area (Å²) in [6.07, 6.45) is 11.5. The lowest BCUT2D eigenvalue weighted by Crippen LogP contribution is -2.33. The lowest BCUT2D eigenvalue weighted by atomic mass is 9.95. The van der Waals surface area contributed by atoms with Crippen molar-refractivity contribution in [2.24, 2.45) is 5.92 Å². The van der Waals surface area contributed by atoms with Crippen molar-refractivity contribution >= 4 is 0 Å². The average molecular weight is 277 g/mol. The molecule has 1 heterocycles. The zero-order valence-corrected chi connectivity index (χ0v) is 13.4. The lowest BCUT2D eigenvalue weighted by molar-refractivity contribution is 0.381. The Balaban J connectivity index is 1.90. The van der Waals surface area contributed by atoms with E-state index in [1.54, 1.807) is 0 Å². The van der Waals surface area contributed by atoms with E-state index in [9.17, 15) is 0 Å². The van der Waals surface area contributed by atoms with Crippen molar-refractivity contribution < 1.29 is 0 Å². The van der Waals surface area contributed by atoms with Crippen LogP contribution in [0.15, 0.2) is 12.3 Å². The van der Waals surface area contributed by atoms with Gasteiger partial charge in [-0.25, -0.2) is 0 Å². The molecule has 3 nitrogen and oxygen atoms in total. The molecular weight excluding hydrogens is 246 g/mol. The number of nitrogens with zero attached hydrogens (tertiary/aromatic N) is 2. The number of rotatable bonds is 8. The van der Waals surface area contributed by atoms with E-state index in [0.29, 0.717) is 12.1 Å². The van der Waals surface area contributed by atoms with Gasteiger partial charge in [-0.1, -0.05) is 32.6 Å². The number of hydrogen-bond donors (Lipinski definition) is 1. The van der Waals surface area contributed by atoms with Crippen LogP contribution in [0.5, 0.6) is 0 Å². The predicted octanol–water partition coefficient (Wildman–Crippen LogP) is 3.96. The fraction of sp³-hybridized carbons (Fsp3) is 0.824. The van der Waals surface area contributed by atoms with E-state index in [2.05, 4.69) is 43.0 Å². The van der Waals surface area contributed by atoms with Gasteiger partial charge >= 0.3 is 0 Å². The highest BCUT2D eigenvalue weighted by atomic mass is 15.3. The van der Waals surface area contributed by atoms with E-state index in [0.717, 1.165) is 18.9 Å². The largest absolute Gasteiger partial charge is 0.314 e. The second-order valence-corrected chi connectivity index (χ2v) is 6.62. The number of aromatic nitrogens is 2. The third-order valence-electron chi connectivity index (χ3n) is 4.42. The van der Waals surface area contributed by atoms with E-state index in [1.807, 2.05) is 0 Å². The third kappa shape index (κ3) is 4.62. The summed E-state index contributed by atoms with van der Waals surface area (Å²) < 4.78 is 2.07. The highest BCUT2D eigenvalue weighted by Crippen LogP contribution is 2.29. The highest BCUT2D eigenvalue weighted by molar-refractivity contribution is 5.02. The van der Waals surface area contributed by atoms with Gasteiger partial charge in [-0.15, -0.1) is 0 Å². The van der Waals surface area contributed by atoms with E-state index in [1.165, 1.54) is 44.2 Å². The van der Waals surface area contributed by atoms with Crippen LogP contribution in [0.25, 0.3) is 0 Å². The summed E-state index contributed by atoms with van der Waals surface area (Å²) in [5, 5.41) is 8.44. The average Bonchev–Trinajstić information content (AvgIpc) is 3.07. The van der Waals surface area contributed by atoms with Crippen molar-refractivity contribution in [2.45, 2.75) is 77.8 Å². The van der Waals surface area contributed by atoms with Crippen molar-refractivity contribution in [3.8, 4) is 0 Å². The molecule has 1 aliphatic carbocycles. The maximum absolute atomic E-state index is 4.71. The van der Waals surface area contributed by atoms with Crippen molar-refractivity contribution in [2.75, 3.05) is 6.54 Å². The third-order valence-corrected chi connectivity index (χ3v) is 4.42. The van der Waals surface area contributed by atoms with Gasteiger partial charge in [0.2, 0.25) is 0 Å². The molecule has 1 aliphatic rings. The van der Waals surface area contributed by atoms with Gasteiger partial charge in [-0.05, 0) is 45.2 Å². The van der Waals surface area contributed by atoms with Crippen LogP contribution in [-0.4, -0.2) is 22.4 Å². The van der Waals surface area contributed by atoms with Gasteiger partial charge in [0.15, 0.2) is 0 Å². The van der Waals surface area contributed by atoms with Gasteiger partial charge in [0.05, 0.1) is 5.69 Å². The van der Waals surface area contributed by atoms with Crippen LogP contribution < -0.4 is 5.32 Å². The van der Waals surface area contributed by atoms with Crippen molar-refractivity contribution in [1.29, 1.82) is 0 Å². The molecule has 0 aliphatic heterocycles. The summed E-state index contributed by atoms with van der Waals surface area (Å²) in [6, 6.07) is 3.25. The monoisotopic (exact) mass is 277 g/mol. The molecule has 20 heavy (non-hydrogen) atoms. The minimum atomic E-state index is 0.459. The predicted molar refractivity (Wildman–Crippen MR) is 85.0 cm³/mol. The van der Waals surface area contributed by atoms with Crippen LogP contribution >= 0.6 is 0 Å². The molecule has 2 rings (SSSR count). The molecule has 1 fully saturated rings. The fourth-order valence-corrected chi connectivity index (χ4v) is 3.26. The topological polar surface area (TPSA) is 29.9 Å². The Morgan fingerprint density at radius 2 is 2.10 bits per heavy atom. The molecule has 1 aromatic heterocycles. The van der Waals surface area contributed by atoms with E-state index >= 15 is 0 Å². The van der Waals surface area contributed by atoms with Gasteiger partial charge in [-0.2, -0.15) is 5.10 Å². The van der Waals surface area contributed by atoms with Crippen LogP contribution in [0.3, 0.4) is 0 Å². The Bertz CT molecular complexity index is 377. The molecule has 1 atom stereocenters. The molecule has 0 amide bonds. The molecule has 1 unspecified atom stereocenters. The molecule has 0 spiro atoms. The molecule has 0 radical (unpaired) electrons. The first-order valence-corrected chi connectivity index (χ1v) is 8.46. The Morgan fingerprint density at radius 1 is 1.35 bits per heavy atom. The second-order valence-electron chi connectivity index (χ2n) is 6.62. The van der Waals surface area contributed by atoms with E-state index in [-0.39, 0.29) is 0 Å². The highest BCUT2D eigenvalue weighted by Gasteiger charge is 2.20. The first kappa shape index (κ1) is 15.6. The second kappa shape index (κ2) is 7.82. The normalized spacial score (nSPS) is 18.0. The number of hydrogen-bond acceptors (Lipinski definition) is 2. The summed E-state index contributed by atoms with van der Waals surface area (Å²) >= 11 is 0. The quantitative estimate of drug-likeness (QED) is 0.779. The number of nitrogens with one attached hydrogen (secondary N) is 1. The van der Waals surface area contributed by atoms with Crippen LogP contribution in [-0.2, 0) is 6.42 Å². The van der Waals surface area contributed by atoms with Gasteiger partial charge in [0, 0.05) is 24.7 Å². The molecule has 114 valence electrons. The molecule has 0 bridgehead atoms. The minimum absolute atomic E-state index is 0.459. The smallest absolute Gasteiger partial charge is 0.0640 e. The Hall–Kier alpha value is -0.830. The standard InChI is InChI=1S/C17H31N3/c1-4-10-18-17(12-15-7-5-6-8-15)13-16-9-11-20(19-16)14(2)3/h9,11,14-15,17-18H,4-8,10,12-13H2,1-3H3. The van der Waals surface area contributed by atoms with E-state index in [4.69, 9.17) is 5.10 Å². The zero-order chi connectivity index (χ0) is 14.4. The van der Waals surface area contributed by atoms with Crippen molar-refractivity contribution in [3.63, 3.8) is 0 Å². The van der Waals surface area contributed by atoms with Gasteiger partial charge in [0.25, 0.3) is 0 Å². The molecule has 0 saturated heterocycles. The summed E-state index contributed by atoms with van der Waals surface area (Å²) in [5.74, 6) is 0.941. The minimum Gasteiger partial charge on any atom is -0.314 e. The summed E-state index contributed by atoms with van der Waals surface area (Å²) in [7, 11) is 0. The molecular formula is C17H31N3. The van der Waals surface area contributed by atoms with Gasteiger partial charge in [-0.3, -0.25) is 4.68 Å². The molecule has 0 aromatic carbocycles. The maximum Gasteiger partial charge on any atom is 0.0640 e. The maximum atomic E-state index is 4.71. The SMILES string of the molecule is CCCNC(Cc1ccn(C(C)C)n1)CC1CCCC1. The summed E-state index contributed by atoms with van der Waals surface area (Å²) in [4.78, 5) is 0. The van der Waals surface area contributed by atoms with E-state index < -0.39 is 0 Å². The summed E-state index contributed by atoms with van der Waals surface area (Å²) in [6.45, 7) is 7.74. The van der Waals surface area contributed by atoms with Crippen LogP contribution in [0, 0.1) is 5.92 Å². The Morgan fingerprint density at radius 3 is 2.70 bits per heavy atom. The van der Waals surface area contributed by atoms with Crippen LogP contribution in [0.1, 0.15) is 71.0 Å². The van der Waals surface area contributed by atoms with Crippen LogP contribution in [0.4, 0.5) is 0 Å². The molecule has 3 heteroatoms. The fourth-order valence-electron chi connectivity index (χ4n) is 3.26. The first-order valence-electron chi connectivity index (χ1n) is 8.46. The molecule has 1 aromatic rings.